The predicted octanol–water partition coefficient (Wildman–Crippen LogP) is 1.79. The van der Waals surface area contributed by atoms with Gasteiger partial charge in [-0.15, -0.1) is 0 Å². The first kappa shape index (κ1) is 14.9. The summed E-state index contributed by atoms with van der Waals surface area (Å²) in [6.45, 7) is 10.5. The van der Waals surface area contributed by atoms with E-state index >= 15 is 0 Å². The maximum atomic E-state index is 3.61. The van der Waals surface area contributed by atoms with E-state index in [1.807, 2.05) is 0 Å². The van der Waals surface area contributed by atoms with Crippen LogP contribution in [-0.2, 0) is 0 Å². The van der Waals surface area contributed by atoms with Gasteiger partial charge in [0.1, 0.15) is 0 Å². The van der Waals surface area contributed by atoms with Crippen LogP contribution in [-0.4, -0.2) is 61.7 Å². The number of likely N-dealkylation sites (tertiary alicyclic amines) is 1. The molecule has 0 bridgehead atoms. The third-order valence-electron chi connectivity index (χ3n) is 4.29. The van der Waals surface area contributed by atoms with E-state index in [0.717, 1.165) is 12.6 Å². The second-order valence-corrected chi connectivity index (χ2v) is 5.54. The summed E-state index contributed by atoms with van der Waals surface area (Å²) in [4.78, 5) is 5.04. The van der Waals surface area contributed by atoms with Crippen molar-refractivity contribution in [2.45, 2.75) is 58.2 Å². The van der Waals surface area contributed by atoms with Gasteiger partial charge in [0.05, 0.1) is 0 Å². The molecule has 1 aliphatic rings. The van der Waals surface area contributed by atoms with Crippen LogP contribution in [0.15, 0.2) is 0 Å². The molecule has 0 aromatic carbocycles. The monoisotopic (exact) mass is 241 g/mol. The minimum absolute atomic E-state index is 0.649. The summed E-state index contributed by atoms with van der Waals surface area (Å²) in [6.07, 6.45) is 3.86. The van der Waals surface area contributed by atoms with Gasteiger partial charge in [-0.25, -0.2) is 0 Å². The Bertz CT molecular complexity index is 198. The molecule has 0 amide bonds. The molecule has 1 rings (SSSR count). The maximum absolute atomic E-state index is 3.61. The number of hydrogen-bond acceptors (Lipinski definition) is 3. The summed E-state index contributed by atoms with van der Waals surface area (Å²) in [5, 5.41) is 3.61. The molecule has 1 heterocycles. The van der Waals surface area contributed by atoms with Crippen molar-refractivity contribution >= 4 is 0 Å². The quantitative estimate of drug-likeness (QED) is 0.765. The maximum Gasteiger partial charge on any atom is 0.0220 e. The summed E-state index contributed by atoms with van der Waals surface area (Å²) >= 11 is 0. The fraction of sp³-hybridized carbons (Fsp3) is 1.00. The first-order valence-electron chi connectivity index (χ1n) is 7.24. The lowest BCUT2D eigenvalue weighted by Gasteiger charge is -2.41. The Morgan fingerprint density at radius 3 is 2.24 bits per heavy atom. The van der Waals surface area contributed by atoms with Gasteiger partial charge in [-0.3, -0.25) is 4.90 Å². The smallest absolute Gasteiger partial charge is 0.0220 e. The third kappa shape index (κ3) is 4.23. The van der Waals surface area contributed by atoms with Gasteiger partial charge in [-0.05, 0) is 59.9 Å². The van der Waals surface area contributed by atoms with Gasteiger partial charge in [-0.2, -0.15) is 0 Å². The van der Waals surface area contributed by atoms with Crippen LogP contribution in [0.1, 0.15) is 40.0 Å². The fourth-order valence-electron chi connectivity index (χ4n) is 2.98. The lowest BCUT2D eigenvalue weighted by atomic mass is 9.99. The number of hydrogen-bond donors (Lipinski definition) is 1. The van der Waals surface area contributed by atoms with E-state index in [1.54, 1.807) is 0 Å². The van der Waals surface area contributed by atoms with Crippen LogP contribution in [0.2, 0.25) is 0 Å². The Kier molecular flexibility index (Phi) is 6.45. The second kappa shape index (κ2) is 7.34. The molecule has 1 aliphatic heterocycles. The van der Waals surface area contributed by atoms with Crippen molar-refractivity contribution < 1.29 is 0 Å². The van der Waals surface area contributed by atoms with E-state index in [1.165, 1.54) is 32.4 Å². The minimum Gasteiger partial charge on any atom is -0.313 e. The van der Waals surface area contributed by atoms with Gasteiger partial charge < -0.3 is 10.2 Å². The zero-order valence-electron chi connectivity index (χ0n) is 12.4. The summed E-state index contributed by atoms with van der Waals surface area (Å²) in [6, 6.07) is 2.11. The Morgan fingerprint density at radius 2 is 1.82 bits per heavy atom. The van der Waals surface area contributed by atoms with E-state index in [0.29, 0.717) is 12.1 Å². The molecule has 0 aliphatic carbocycles. The predicted molar refractivity (Wildman–Crippen MR) is 75.5 cm³/mol. The molecule has 17 heavy (non-hydrogen) atoms. The number of likely N-dealkylation sites (N-methyl/N-ethyl adjacent to an activating group) is 1. The van der Waals surface area contributed by atoms with Gasteiger partial charge >= 0.3 is 0 Å². The van der Waals surface area contributed by atoms with E-state index < -0.39 is 0 Å². The average molecular weight is 241 g/mol. The van der Waals surface area contributed by atoms with Crippen molar-refractivity contribution in [2.75, 3.05) is 33.7 Å². The van der Waals surface area contributed by atoms with Crippen LogP contribution < -0.4 is 5.32 Å². The number of nitrogens with one attached hydrogen (secondary N) is 1. The van der Waals surface area contributed by atoms with E-state index in [4.69, 9.17) is 0 Å². The largest absolute Gasteiger partial charge is 0.313 e. The molecule has 2 unspecified atom stereocenters. The highest BCUT2D eigenvalue weighted by Gasteiger charge is 2.26. The molecule has 102 valence electrons. The molecule has 1 fully saturated rings. The molecule has 3 nitrogen and oxygen atoms in total. The first-order valence-corrected chi connectivity index (χ1v) is 7.24. The Labute approximate surface area is 108 Å². The molecule has 1 N–H and O–H groups in total. The molecule has 3 heteroatoms. The zero-order valence-corrected chi connectivity index (χ0v) is 12.4. The summed E-state index contributed by atoms with van der Waals surface area (Å²) < 4.78 is 0. The Balaban J connectivity index is 2.41. The molecule has 0 aromatic rings. The third-order valence-corrected chi connectivity index (χ3v) is 4.29. The van der Waals surface area contributed by atoms with Gasteiger partial charge in [0.2, 0.25) is 0 Å². The second-order valence-electron chi connectivity index (χ2n) is 5.54. The zero-order chi connectivity index (χ0) is 12.8. The van der Waals surface area contributed by atoms with Gasteiger partial charge in [0.15, 0.2) is 0 Å². The van der Waals surface area contributed by atoms with Crippen LogP contribution in [0.3, 0.4) is 0 Å². The number of piperidine rings is 1. The normalized spacial score (nSPS) is 22.9. The molecular formula is C14H31N3. The molecule has 0 spiro atoms. The summed E-state index contributed by atoms with van der Waals surface area (Å²) in [5.74, 6) is 0. The Hall–Kier alpha value is -0.120. The number of rotatable bonds is 6. The summed E-state index contributed by atoms with van der Waals surface area (Å²) in [7, 11) is 4.41. The van der Waals surface area contributed by atoms with Crippen LogP contribution in [0.4, 0.5) is 0 Å². The van der Waals surface area contributed by atoms with Crippen LogP contribution >= 0.6 is 0 Å². The van der Waals surface area contributed by atoms with Crippen LogP contribution in [0.5, 0.6) is 0 Å². The highest BCUT2D eigenvalue weighted by molar-refractivity contribution is 4.85. The highest BCUT2D eigenvalue weighted by Crippen LogP contribution is 2.18. The topological polar surface area (TPSA) is 18.5 Å². The van der Waals surface area contributed by atoms with Crippen molar-refractivity contribution in [3.05, 3.63) is 0 Å². The van der Waals surface area contributed by atoms with E-state index in [9.17, 15) is 0 Å². The van der Waals surface area contributed by atoms with Gasteiger partial charge in [-0.1, -0.05) is 13.8 Å². The van der Waals surface area contributed by atoms with E-state index in [2.05, 4.69) is 50.0 Å². The van der Waals surface area contributed by atoms with Gasteiger partial charge in [0.25, 0.3) is 0 Å². The van der Waals surface area contributed by atoms with Crippen LogP contribution in [0.25, 0.3) is 0 Å². The van der Waals surface area contributed by atoms with Gasteiger partial charge in [0, 0.05) is 18.1 Å². The lowest BCUT2D eigenvalue weighted by molar-refractivity contribution is 0.0961. The SMILES string of the molecule is CCNC(CC)C(C)N1CCC(N(C)C)CC1. The Morgan fingerprint density at radius 1 is 1.24 bits per heavy atom. The van der Waals surface area contributed by atoms with Crippen molar-refractivity contribution in [3.63, 3.8) is 0 Å². The van der Waals surface area contributed by atoms with Crippen molar-refractivity contribution in [1.29, 1.82) is 0 Å². The molecule has 0 saturated carbocycles. The van der Waals surface area contributed by atoms with Crippen molar-refractivity contribution in [3.8, 4) is 0 Å². The molecule has 0 aromatic heterocycles. The average Bonchev–Trinajstić information content (AvgIpc) is 2.35. The van der Waals surface area contributed by atoms with Crippen LogP contribution in [0, 0.1) is 0 Å². The lowest BCUT2D eigenvalue weighted by Crippen LogP contribution is -2.52. The molecule has 2 atom stereocenters. The first-order chi connectivity index (χ1) is 8.10. The number of nitrogens with zero attached hydrogens (tertiary/aromatic N) is 2. The van der Waals surface area contributed by atoms with Crippen molar-refractivity contribution in [2.24, 2.45) is 0 Å². The summed E-state index contributed by atoms with van der Waals surface area (Å²) in [5.41, 5.74) is 0. The molecular weight excluding hydrogens is 210 g/mol. The highest BCUT2D eigenvalue weighted by atomic mass is 15.2. The van der Waals surface area contributed by atoms with Crippen molar-refractivity contribution in [1.82, 2.24) is 15.1 Å². The molecule has 0 radical (unpaired) electrons. The molecule has 1 saturated heterocycles. The minimum atomic E-state index is 0.649. The fourth-order valence-corrected chi connectivity index (χ4v) is 2.98. The van der Waals surface area contributed by atoms with E-state index in [-0.39, 0.29) is 0 Å². The standard InChI is InChI=1S/C14H31N3/c1-6-14(15-7-2)12(3)17-10-8-13(9-11-17)16(4)5/h12-15H,6-11H2,1-5H3.